The Morgan fingerprint density at radius 1 is 1.12 bits per heavy atom. The molecule has 0 saturated carbocycles. The highest BCUT2D eigenvalue weighted by Gasteiger charge is 2.10. The standard InChI is InChI=1S/C17H18N2O5/c1-22-14-6-4-3-5-13(14)19-17(20)11-24-15-8-7-12(10-18-21)9-16(15)23-2/h3-10,21H,11H2,1-2H3,(H,19,20). The highest BCUT2D eigenvalue weighted by atomic mass is 16.5. The maximum absolute atomic E-state index is 12.0. The van der Waals surface area contributed by atoms with Crippen LogP contribution >= 0.6 is 0 Å². The molecular formula is C17H18N2O5. The number of oxime groups is 1. The van der Waals surface area contributed by atoms with Gasteiger partial charge >= 0.3 is 0 Å². The minimum atomic E-state index is -0.331. The number of hydrogen-bond donors (Lipinski definition) is 2. The molecular weight excluding hydrogens is 312 g/mol. The zero-order valence-corrected chi connectivity index (χ0v) is 13.4. The summed E-state index contributed by atoms with van der Waals surface area (Å²) in [5.41, 5.74) is 1.20. The molecule has 0 spiro atoms. The third-order valence-electron chi connectivity index (χ3n) is 3.13. The molecule has 0 bridgehead atoms. The van der Waals surface area contributed by atoms with E-state index in [1.165, 1.54) is 20.4 Å². The number of nitrogens with one attached hydrogen (secondary N) is 1. The summed E-state index contributed by atoms with van der Waals surface area (Å²) >= 11 is 0. The molecule has 0 unspecified atom stereocenters. The van der Waals surface area contributed by atoms with Gasteiger partial charge in [0.25, 0.3) is 5.91 Å². The summed E-state index contributed by atoms with van der Waals surface area (Å²) in [7, 11) is 3.01. The van der Waals surface area contributed by atoms with Crippen LogP contribution in [0.25, 0.3) is 0 Å². The first-order valence-corrected chi connectivity index (χ1v) is 7.09. The van der Waals surface area contributed by atoms with Crippen molar-refractivity contribution in [2.75, 3.05) is 26.1 Å². The van der Waals surface area contributed by atoms with Crippen molar-refractivity contribution in [1.29, 1.82) is 0 Å². The number of benzene rings is 2. The molecule has 0 aromatic heterocycles. The Morgan fingerprint density at radius 3 is 2.58 bits per heavy atom. The lowest BCUT2D eigenvalue weighted by Crippen LogP contribution is -2.20. The number of ether oxygens (including phenoxy) is 3. The molecule has 7 heteroatoms. The van der Waals surface area contributed by atoms with Crippen molar-refractivity contribution in [2.45, 2.75) is 0 Å². The van der Waals surface area contributed by atoms with Crippen molar-refractivity contribution in [3.05, 3.63) is 48.0 Å². The van der Waals surface area contributed by atoms with E-state index in [4.69, 9.17) is 19.4 Å². The second-order valence-corrected chi connectivity index (χ2v) is 4.69. The number of anilines is 1. The van der Waals surface area contributed by atoms with Crippen LogP contribution in [0.4, 0.5) is 5.69 Å². The first-order valence-electron chi connectivity index (χ1n) is 7.09. The fourth-order valence-corrected chi connectivity index (χ4v) is 2.03. The van der Waals surface area contributed by atoms with Gasteiger partial charge in [0.2, 0.25) is 0 Å². The number of nitrogens with zero attached hydrogens (tertiary/aromatic N) is 1. The van der Waals surface area contributed by atoms with E-state index in [1.54, 1.807) is 36.4 Å². The van der Waals surface area contributed by atoms with Crippen molar-refractivity contribution in [3.8, 4) is 17.2 Å². The van der Waals surface area contributed by atoms with Crippen LogP contribution < -0.4 is 19.5 Å². The topological polar surface area (TPSA) is 89.4 Å². The molecule has 0 atom stereocenters. The van der Waals surface area contributed by atoms with E-state index >= 15 is 0 Å². The van der Waals surface area contributed by atoms with Crippen LogP contribution in [0.5, 0.6) is 17.2 Å². The minimum absolute atomic E-state index is 0.193. The third kappa shape index (κ3) is 4.39. The Balaban J connectivity index is 2.01. The number of carbonyl (C=O) groups excluding carboxylic acids is 1. The van der Waals surface area contributed by atoms with Crippen molar-refractivity contribution < 1.29 is 24.2 Å². The molecule has 0 heterocycles. The summed E-state index contributed by atoms with van der Waals surface area (Å²) in [6.45, 7) is -0.193. The summed E-state index contributed by atoms with van der Waals surface area (Å²) < 4.78 is 15.9. The molecule has 126 valence electrons. The molecule has 0 aliphatic heterocycles. The summed E-state index contributed by atoms with van der Waals surface area (Å²) in [6.07, 6.45) is 1.26. The third-order valence-corrected chi connectivity index (χ3v) is 3.13. The van der Waals surface area contributed by atoms with Gasteiger partial charge in [-0.1, -0.05) is 17.3 Å². The largest absolute Gasteiger partial charge is 0.495 e. The number of rotatable bonds is 7. The van der Waals surface area contributed by atoms with E-state index in [1.807, 2.05) is 6.07 Å². The predicted molar refractivity (Wildman–Crippen MR) is 89.5 cm³/mol. The maximum Gasteiger partial charge on any atom is 0.262 e. The molecule has 0 fully saturated rings. The van der Waals surface area contributed by atoms with Gasteiger partial charge < -0.3 is 24.7 Å². The Labute approximate surface area is 139 Å². The molecule has 7 nitrogen and oxygen atoms in total. The van der Waals surface area contributed by atoms with Crippen molar-refractivity contribution >= 4 is 17.8 Å². The van der Waals surface area contributed by atoms with E-state index in [9.17, 15) is 4.79 Å². The Hall–Kier alpha value is -3.22. The fourth-order valence-electron chi connectivity index (χ4n) is 2.03. The van der Waals surface area contributed by atoms with Gasteiger partial charge in [0.1, 0.15) is 5.75 Å². The van der Waals surface area contributed by atoms with Crippen LogP contribution in [0, 0.1) is 0 Å². The quantitative estimate of drug-likeness (QED) is 0.462. The lowest BCUT2D eigenvalue weighted by atomic mass is 10.2. The predicted octanol–water partition coefficient (Wildman–Crippen LogP) is 2.53. The highest BCUT2D eigenvalue weighted by molar-refractivity contribution is 5.93. The first-order chi connectivity index (χ1) is 11.7. The van der Waals surface area contributed by atoms with Gasteiger partial charge in [-0.2, -0.15) is 0 Å². The summed E-state index contributed by atoms with van der Waals surface area (Å²) in [5.74, 6) is 1.07. The van der Waals surface area contributed by atoms with E-state index in [0.717, 1.165) is 0 Å². The molecule has 2 aromatic carbocycles. The van der Waals surface area contributed by atoms with Gasteiger partial charge in [-0.05, 0) is 30.3 Å². The molecule has 2 aromatic rings. The molecule has 2 rings (SSSR count). The molecule has 1 amide bonds. The van der Waals surface area contributed by atoms with Gasteiger partial charge in [-0.3, -0.25) is 4.79 Å². The van der Waals surface area contributed by atoms with E-state index in [0.29, 0.717) is 28.5 Å². The first kappa shape index (κ1) is 17.1. The van der Waals surface area contributed by atoms with Gasteiger partial charge in [0.15, 0.2) is 18.1 Å². The number of amides is 1. The van der Waals surface area contributed by atoms with Gasteiger partial charge in [0.05, 0.1) is 26.1 Å². The van der Waals surface area contributed by atoms with E-state index in [-0.39, 0.29) is 12.5 Å². The Morgan fingerprint density at radius 2 is 1.88 bits per heavy atom. The SMILES string of the molecule is COc1ccccc1NC(=O)COc1ccc(C=NO)cc1OC. The van der Waals surface area contributed by atoms with Crippen LogP contribution in [-0.2, 0) is 4.79 Å². The molecule has 0 radical (unpaired) electrons. The normalized spacial score (nSPS) is 10.4. The van der Waals surface area contributed by atoms with Gasteiger partial charge in [0, 0.05) is 5.56 Å². The Kier molecular flexibility index (Phi) is 6.01. The van der Waals surface area contributed by atoms with Crippen molar-refractivity contribution in [2.24, 2.45) is 5.16 Å². The van der Waals surface area contributed by atoms with Crippen LogP contribution in [0.15, 0.2) is 47.6 Å². The maximum atomic E-state index is 12.0. The van der Waals surface area contributed by atoms with Crippen molar-refractivity contribution in [1.82, 2.24) is 0 Å². The monoisotopic (exact) mass is 330 g/mol. The summed E-state index contributed by atoms with van der Waals surface area (Å²) in [6, 6.07) is 12.0. The average Bonchev–Trinajstić information content (AvgIpc) is 2.61. The van der Waals surface area contributed by atoms with E-state index < -0.39 is 0 Å². The highest BCUT2D eigenvalue weighted by Crippen LogP contribution is 2.28. The number of para-hydroxylation sites is 2. The second kappa shape index (κ2) is 8.42. The second-order valence-electron chi connectivity index (χ2n) is 4.69. The van der Waals surface area contributed by atoms with Crippen molar-refractivity contribution in [3.63, 3.8) is 0 Å². The van der Waals surface area contributed by atoms with Gasteiger partial charge in [-0.25, -0.2) is 0 Å². The fraction of sp³-hybridized carbons (Fsp3) is 0.176. The lowest BCUT2D eigenvalue weighted by molar-refractivity contribution is -0.118. The summed E-state index contributed by atoms with van der Waals surface area (Å²) in [4.78, 5) is 12.0. The number of carbonyl (C=O) groups is 1. The zero-order valence-electron chi connectivity index (χ0n) is 13.4. The number of methoxy groups -OCH3 is 2. The summed E-state index contributed by atoms with van der Waals surface area (Å²) in [5, 5.41) is 14.2. The molecule has 0 aliphatic carbocycles. The zero-order chi connectivity index (χ0) is 17.4. The Bertz CT molecular complexity index is 731. The van der Waals surface area contributed by atoms with Crippen LogP contribution in [0.1, 0.15) is 5.56 Å². The molecule has 0 aliphatic rings. The molecule has 0 saturated heterocycles. The van der Waals surface area contributed by atoms with Crippen LogP contribution in [-0.4, -0.2) is 38.2 Å². The van der Waals surface area contributed by atoms with Crippen LogP contribution in [0.2, 0.25) is 0 Å². The number of hydrogen-bond acceptors (Lipinski definition) is 6. The smallest absolute Gasteiger partial charge is 0.262 e. The minimum Gasteiger partial charge on any atom is -0.495 e. The average molecular weight is 330 g/mol. The molecule has 24 heavy (non-hydrogen) atoms. The van der Waals surface area contributed by atoms with Crippen LogP contribution in [0.3, 0.4) is 0 Å². The van der Waals surface area contributed by atoms with Gasteiger partial charge in [-0.15, -0.1) is 0 Å². The van der Waals surface area contributed by atoms with E-state index in [2.05, 4.69) is 10.5 Å². The lowest BCUT2D eigenvalue weighted by Gasteiger charge is -2.12. The molecule has 2 N–H and O–H groups in total.